The SMILES string of the molecule is COC1(C)C=Cc2ccccc2O1. The Hall–Kier alpha value is -1.28. The standard InChI is InChI=1S/C11H12O2/c1-11(12-2)8-7-9-5-3-4-6-10(9)13-11/h3-8H,1-2H3. The molecule has 0 fully saturated rings. The van der Waals surface area contributed by atoms with Crippen molar-refractivity contribution in [3.8, 4) is 5.75 Å². The zero-order valence-electron chi connectivity index (χ0n) is 7.78. The second-order valence-corrected chi connectivity index (χ2v) is 3.19. The van der Waals surface area contributed by atoms with Gasteiger partial charge in [0.2, 0.25) is 5.79 Å². The van der Waals surface area contributed by atoms with Crippen LogP contribution in [-0.4, -0.2) is 12.9 Å². The van der Waals surface area contributed by atoms with Crippen molar-refractivity contribution in [2.24, 2.45) is 0 Å². The highest BCUT2D eigenvalue weighted by Gasteiger charge is 2.25. The van der Waals surface area contributed by atoms with Gasteiger partial charge >= 0.3 is 0 Å². The average Bonchev–Trinajstić information content (AvgIpc) is 2.18. The van der Waals surface area contributed by atoms with Crippen LogP contribution in [0, 0.1) is 0 Å². The quantitative estimate of drug-likeness (QED) is 0.654. The molecule has 2 rings (SSSR count). The smallest absolute Gasteiger partial charge is 0.227 e. The molecule has 1 aromatic carbocycles. The minimum Gasteiger partial charge on any atom is -0.458 e. The molecule has 1 atom stereocenters. The van der Waals surface area contributed by atoms with Crippen LogP contribution in [0.15, 0.2) is 30.3 Å². The van der Waals surface area contributed by atoms with Gasteiger partial charge in [0.25, 0.3) is 0 Å². The maximum absolute atomic E-state index is 5.66. The summed E-state index contributed by atoms with van der Waals surface area (Å²) in [6.45, 7) is 1.89. The lowest BCUT2D eigenvalue weighted by Crippen LogP contribution is -2.33. The topological polar surface area (TPSA) is 18.5 Å². The molecule has 0 aliphatic carbocycles. The lowest BCUT2D eigenvalue weighted by atomic mass is 10.1. The molecule has 2 nitrogen and oxygen atoms in total. The largest absolute Gasteiger partial charge is 0.458 e. The summed E-state index contributed by atoms with van der Waals surface area (Å²) in [5.41, 5.74) is 1.09. The van der Waals surface area contributed by atoms with E-state index in [9.17, 15) is 0 Å². The van der Waals surface area contributed by atoms with E-state index >= 15 is 0 Å². The molecule has 0 saturated carbocycles. The van der Waals surface area contributed by atoms with Gasteiger partial charge in [-0.2, -0.15) is 0 Å². The van der Waals surface area contributed by atoms with Crippen molar-refractivity contribution in [2.45, 2.75) is 12.7 Å². The molecule has 68 valence electrons. The van der Waals surface area contributed by atoms with Crippen molar-refractivity contribution in [2.75, 3.05) is 7.11 Å². The van der Waals surface area contributed by atoms with E-state index in [4.69, 9.17) is 9.47 Å². The molecule has 1 aliphatic heterocycles. The van der Waals surface area contributed by atoms with Crippen LogP contribution in [-0.2, 0) is 4.74 Å². The van der Waals surface area contributed by atoms with Crippen molar-refractivity contribution in [3.05, 3.63) is 35.9 Å². The third-order valence-electron chi connectivity index (χ3n) is 2.20. The van der Waals surface area contributed by atoms with E-state index in [1.54, 1.807) is 7.11 Å². The Labute approximate surface area is 77.8 Å². The Morgan fingerprint density at radius 2 is 2.08 bits per heavy atom. The fourth-order valence-electron chi connectivity index (χ4n) is 1.31. The lowest BCUT2D eigenvalue weighted by Gasteiger charge is -2.29. The zero-order chi connectivity index (χ0) is 9.31. The van der Waals surface area contributed by atoms with Gasteiger partial charge in [0.05, 0.1) is 0 Å². The second kappa shape index (κ2) is 2.89. The number of hydrogen-bond acceptors (Lipinski definition) is 2. The van der Waals surface area contributed by atoms with Crippen molar-refractivity contribution in [3.63, 3.8) is 0 Å². The monoisotopic (exact) mass is 176 g/mol. The number of hydrogen-bond donors (Lipinski definition) is 0. The van der Waals surface area contributed by atoms with E-state index in [1.807, 2.05) is 43.3 Å². The Bertz CT molecular complexity index is 344. The lowest BCUT2D eigenvalue weighted by molar-refractivity contribution is -0.110. The average molecular weight is 176 g/mol. The number of methoxy groups -OCH3 is 1. The van der Waals surface area contributed by atoms with Crippen LogP contribution in [0.4, 0.5) is 0 Å². The Morgan fingerprint density at radius 3 is 2.85 bits per heavy atom. The number of ether oxygens (including phenoxy) is 2. The minimum absolute atomic E-state index is 0.617. The van der Waals surface area contributed by atoms with Gasteiger partial charge in [0.1, 0.15) is 5.75 Å². The van der Waals surface area contributed by atoms with Gasteiger partial charge in [0, 0.05) is 19.6 Å². The molecule has 0 amide bonds. The fraction of sp³-hybridized carbons (Fsp3) is 0.273. The summed E-state index contributed by atoms with van der Waals surface area (Å²) in [4.78, 5) is 0. The van der Waals surface area contributed by atoms with Crippen molar-refractivity contribution in [1.82, 2.24) is 0 Å². The van der Waals surface area contributed by atoms with Crippen molar-refractivity contribution in [1.29, 1.82) is 0 Å². The predicted molar refractivity (Wildman–Crippen MR) is 51.5 cm³/mol. The molecule has 2 heteroatoms. The molecule has 0 bridgehead atoms. The van der Waals surface area contributed by atoms with Gasteiger partial charge in [-0.05, 0) is 18.2 Å². The molecule has 0 aromatic heterocycles. The first-order chi connectivity index (χ1) is 6.23. The Kier molecular flexibility index (Phi) is 1.85. The zero-order valence-corrected chi connectivity index (χ0v) is 7.78. The van der Waals surface area contributed by atoms with Crippen LogP contribution >= 0.6 is 0 Å². The van der Waals surface area contributed by atoms with E-state index in [2.05, 4.69) is 0 Å². The van der Waals surface area contributed by atoms with E-state index < -0.39 is 5.79 Å². The maximum atomic E-state index is 5.66. The predicted octanol–water partition coefficient (Wildman–Crippen LogP) is 2.45. The number of rotatable bonds is 1. The second-order valence-electron chi connectivity index (χ2n) is 3.19. The van der Waals surface area contributed by atoms with E-state index in [-0.39, 0.29) is 0 Å². The molecule has 1 aromatic rings. The molecular weight excluding hydrogens is 164 g/mol. The summed E-state index contributed by atoms with van der Waals surface area (Å²) < 4.78 is 10.9. The van der Waals surface area contributed by atoms with Crippen LogP contribution in [0.5, 0.6) is 5.75 Å². The molecule has 0 spiro atoms. The van der Waals surface area contributed by atoms with Crippen LogP contribution in [0.2, 0.25) is 0 Å². The highest BCUT2D eigenvalue weighted by Crippen LogP contribution is 2.30. The Balaban J connectivity index is 2.39. The molecule has 0 N–H and O–H groups in total. The van der Waals surface area contributed by atoms with Gasteiger partial charge in [-0.3, -0.25) is 0 Å². The first-order valence-electron chi connectivity index (χ1n) is 4.26. The summed E-state index contributed by atoms with van der Waals surface area (Å²) in [5.74, 6) is 0.253. The third-order valence-corrected chi connectivity index (χ3v) is 2.20. The van der Waals surface area contributed by atoms with Gasteiger partial charge in [-0.15, -0.1) is 0 Å². The van der Waals surface area contributed by atoms with E-state index in [1.165, 1.54) is 0 Å². The van der Waals surface area contributed by atoms with Crippen molar-refractivity contribution < 1.29 is 9.47 Å². The number of para-hydroxylation sites is 1. The number of benzene rings is 1. The minimum atomic E-state index is -0.617. The summed E-state index contributed by atoms with van der Waals surface area (Å²) in [6.07, 6.45) is 3.93. The first kappa shape index (κ1) is 8.32. The van der Waals surface area contributed by atoms with Gasteiger partial charge < -0.3 is 9.47 Å². The summed E-state index contributed by atoms with van der Waals surface area (Å²) in [5, 5.41) is 0. The highest BCUT2D eigenvalue weighted by atomic mass is 16.7. The highest BCUT2D eigenvalue weighted by molar-refractivity contribution is 5.60. The van der Waals surface area contributed by atoms with Crippen LogP contribution in [0.1, 0.15) is 12.5 Å². The molecular formula is C11H12O2. The molecule has 1 aliphatic rings. The van der Waals surface area contributed by atoms with E-state index in [0.717, 1.165) is 11.3 Å². The summed E-state index contributed by atoms with van der Waals surface area (Å²) in [7, 11) is 1.64. The molecule has 1 unspecified atom stereocenters. The number of fused-ring (bicyclic) bond motifs is 1. The molecule has 0 radical (unpaired) electrons. The van der Waals surface area contributed by atoms with Gasteiger partial charge in [-0.1, -0.05) is 18.2 Å². The maximum Gasteiger partial charge on any atom is 0.227 e. The van der Waals surface area contributed by atoms with Crippen molar-refractivity contribution >= 4 is 6.08 Å². The normalized spacial score (nSPS) is 25.1. The molecule has 1 heterocycles. The van der Waals surface area contributed by atoms with E-state index in [0.29, 0.717) is 0 Å². The third kappa shape index (κ3) is 1.45. The summed E-state index contributed by atoms with van der Waals surface area (Å²) >= 11 is 0. The van der Waals surface area contributed by atoms with Gasteiger partial charge in [0.15, 0.2) is 0 Å². The fourth-order valence-corrected chi connectivity index (χ4v) is 1.31. The van der Waals surface area contributed by atoms with Crippen LogP contribution in [0.3, 0.4) is 0 Å². The first-order valence-corrected chi connectivity index (χ1v) is 4.26. The van der Waals surface area contributed by atoms with Crippen LogP contribution in [0.25, 0.3) is 6.08 Å². The summed E-state index contributed by atoms with van der Waals surface area (Å²) in [6, 6.07) is 7.90. The molecule has 0 saturated heterocycles. The van der Waals surface area contributed by atoms with Gasteiger partial charge in [-0.25, -0.2) is 0 Å². The Morgan fingerprint density at radius 1 is 1.31 bits per heavy atom. The van der Waals surface area contributed by atoms with Crippen LogP contribution < -0.4 is 4.74 Å². The molecule has 13 heavy (non-hydrogen) atoms.